The highest BCUT2D eigenvalue weighted by Gasteiger charge is 2.09. The molecule has 0 unspecified atom stereocenters. The van der Waals surface area contributed by atoms with Gasteiger partial charge in [-0.15, -0.1) is 0 Å². The van der Waals surface area contributed by atoms with E-state index in [0.29, 0.717) is 5.57 Å². The van der Waals surface area contributed by atoms with Gasteiger partial charge in [-0.3, -0.25) is 0 Å². The van der Waals surface area contributed by atoms with Gasteiger partial charge in [-0.1, -0.05) is 30.3 Å². The third kappa shape index (κ3) is 2.38. The van der Waals surface area contributed by atoms with Crippen LogP contribution in [0, 0.1) is 0 Å². The topological polar surface area (TPSA) is 37.3 Å². The van der Waals surface area contributed by atoms with Crippen LogP contribution in [0.4, 0.5) is 0 Å². The molecule has 3 heteroatoms. The Kier molecular flexibility index (Phi) is 3.17. The number of carboxylic acids is 1. The molecule has 0 fully saturated rings. The molecule has 0 saturated heterocycles. The van der Waals surface area contributed by atoms with Crippen LogP contribution in [-0.2, 0) is 4.79 Å². The summed E-state index contributed by atoms with van der Waals surface area (Å²) in [4.78, 5) is 11.2. The summed E-state index contributed by atoms with van der Waals surface area (Å²) in [6.07, 6.45) is 1.69. The molecule has 16 heavy (non-hydrogen) atoms. The van der Waals surface area contributed by atoms with Gasteiger partial charge in [-0.05, 0) is 34.0 Å². The second kappa shape index (κ2) is 4.77. The molecule has 2 aromatic rings. The lowest BCUT2D eigenvalue weighted by Crippen LogP contribution is -1.98. The summed E-state index contributed by atoms with van der Waals surface area (Å²) in [5.74, 6) is -0.905. The molecule has 0 saturated carbocycles. The zero-order chi connectivity index (χ0) is 11.4. The van der Waals surface area contributed by atoms with Crippen LogP contribution in [0.2, 0.25) is 0 Å². The van der Waals surface area contributed by atoms with E-state index in [2.05, 4.69) is 0 Å². The molecule has 0 aliphatic carbocycles. The molecule has 1 N–H and O–H groups in total. The zero-order valence-corrected chi connectivity index (χ0v) is 9.28. The van der Waals surface area contributed by atoms with Gasteiger partial charge in [0.15, 0.2) is 0 Å². The van der Waals surface area contributed by atoms with Gasteiger partial charge < -0.3 is 5.11 Å². The Morgan fingerprint density at radius 3 is 2.50 bits per heavy atom. The van der Waals surface area contributed by atoms with E-state index in [-0.39, 0.29) is 0 Å². The smallest absolute Gasteiger partial charge is 0.336 e. The van der Waals surface area contributed by atoms with Gasteiger partial charge in [-0.25, -0.2) is 4.79 Å². The maximum Gasteiger partial charge on any atom is 0.336 e. The summed E-state index contributed by atoms with van der Waals surface area (Å²) >= 11 is 1.55. The summed E-state index contributed by atoms with van der Waals surface area (Å²) in [6, 6.07) is 11.0. The summed E-state index contributed by atoms with van der Waals surface area (Å²) in [7, 11) is 0. The molecule has 2 nitrogen and oxygen atoms in total. The van der Waals surface area contributed by atoms with E-state index >= 15 is 0 Å². The van der Waals surface area contributed by atoms with Gasteiger partial charge in [0, 0.05) is 0 Å². The van der Waals surface area contributed by atoms with E-state index in [1.807, 2.05) is 35.0 Å². The van der Waals surface area contributed by atoms with E-state index in [1.54, 1.807) is 29.5 Å². The van der Waals surface area contributed by atoms with Crippen LogP contribution in [0.1, 0.15) is 11.1 Å². The molecule has 80 valence electrons. The molecule has 0 aliphatic heterocycles. The van der Waals surface area contributed by atoms with E-state index in [1.165, 1.54) is 0 Å². The maximum absolute atomic E-state index is 11.2. The first-order chi connectivity index (χ1) is 7.77. The first-order valence-corrected chi connectivity index (χ1v) is 5.74. The minimum atomic E-state index is -0.905. The van der Waals surface area contributed by atoms with Crippen LogP contribution in [0.25, 0.3) is 11.6 Å². The molecule has 0 spiro atoms. The van der Waals surface area contributed by atoms with Crippen molar-refractivity contribution in [2.75, 3.05) is 0 Å². The molecule has 0 bridgehead atoms. The lowest BCUT2D eigenvalue weighted by molar-refractivity contribution is -0.130. The summed E-state index contributed by atoms with van der Waals surface area (Å²) in [5, 5.41) is 13.0. The number of benzene rings is 1. The van der Waals surface area contributed by atoms with Crippen molar-refractivity contribution < 1.29 is 9.90 Å². The first-order valence-electron chi connectivity index (χ1n) is 4.80. The van der Waals surface area contributed by atoms with Crippen LogP contribution in [0.3, 0.4) is 0 Å². The van der Waals surface area contributed by atoms with Crippen molar-refractivity contribution in [1.29, 1.82) is 0 Å². The molecular weight excluding hydrogens is 220 g/mol. The molecular formula is C13H10O2S. The SMILES string of the molecule is O=C(O)/C(=C\c1ccsc1)c1ccccc1. The standard InChI is InChI=1S/C13H10O2S/c14-13(15)12(8-10-6-7-16-9-10)11-4-2-1-3-5-11/h1-9H,(H,14,15)/b12-8-. The Morgan fingerprint density at radius 2 is 1.94 bits per heavy atom. The number of aliphatic carboxylic acids is 1. The third-order valence-corrected chi connectivity index (χ3v) is 2.87. The molecule has 0 radical (unpaired) electrons. The van der Waals surface area contributed by atoms with Crippen molar-refractivity contribution >= 4 is 29.0 Å². The van der Waals surface area contributed by atoms with Gasteiger partial charge in [-0.2, -0.15) is 11.3 Å². The van der Waals surface area contributed by atoms with E-state index in [9.17, 15) is 4.79 Å². The number of hydrogen-bond donors (Lipinski definition) is 1. The minimum absolute atomic E-state index is 0.319. The van der Waals surface area contributed by atoms with Crippen molar-refractivity contribution in [3.63, 3.8) is 0 Å². The Morgan fingerprint density at radius 1 is 1.19 bits per heavy atom. The maximum atomic E-state index is 11.2. The summed E-state index contributed by atoms with van der Waals surface area (Å²) in [5.41, 5.74) is 1.96. The highest BCUT2D eigenvalue weighted by atomic mass is 32.1. The molecule has 1 heterocycles. The molecule has 1 aromatic carbocycles. The number of rotatable bonds is 3. The van der Waals surface area contributed by atoms with Crippen LogP contribution < -0.4 is 0 Å². The predicted molar refractivity (Wildman–Crippen MR) is 66.3 cm³/mol. The lowest BCUT2D eigenvalue weighted by Gasteiger charge is -2.01. The summed E-state index contributed by atoms with van der Waals surface area (Å²) in [6.45, 7) is 0. The van der Waals surface area contributed by atoms with Crippen LogP contribution in [0.15, 0.2) is 47.2 Å². The Labute approximate surface area is 97.5 Å². The Balaban J connectivity index is 2.43. The van der Waals surface area contributed by atoms with Gasteiger partial charge in [0.25, 0.3) is 0 Å². The quantitative estimate of drug-likeness (QED) is 0.821. The monoisotopic (exact) mass is 230 g/mol. The number of hydrogen-bond acceptors (Lipinski definition) is 2. The van der Waals surface area contributed by atoms with Crippen LogP contribution in [0.5, 0.6) is 0 Å². The van der Waals surface area contributed by atoms with Crippen molar-refractivity contribution in [1.82, 2.24) is 0 Å². The van der Waals surface area contributed by atoms with Gasteiger partial charge >= 0.3 is 5.97 Å². The molecule has 0 atom stereocenters. The van der Waals surface area contributed by atoms with Crippen LogP contribution >= 0.6 is 11.3 Å². The molecule has 1 aromatic heterocycles. The van der Waals surface area contributed by atoms with Gasteiger partial charge in [0.05, 0.1) is 5.57 Å². The van der Waals surface area contributed by atoms with E-state index in [4.69, 9.17) is 5.11 Å². The van der Waals surface area contributed by atoms with Crippen LogP contribution in [-0.4, -0.2) is 11.1 Å². The van der Waals surface area contributed by atoms with Crippen molar-refractivity contribution in [2.24, 2.45) is 0 Å². The normalized spacial score (nSPS) is 11.4. The molecule has 0 amide bonds. The fourth-order valence-electron chi connectivity index (χ4n) is 1.41. The van der Waals surface area contributed by atoms with Gasteiger partial charge in [0.2, 0.25) is 0 Å². The van der Waals surface area contributed by atoms with Crippen molar-refractivity contribution in [3.8, 4) is 0 Å². The lowest BCUT2D eigenvalue weighted by atomic mass is 10.0. The number of carbonyl (C=O) groups is 1. The molecule has 0 aliphatic rings. The minimum Gasteiger partial charge on any atom is -0.478 e. The summed E-state index contributed by atoms with van der Waals surface area (Å²) < 4.78 is 0. The highest BCUT2D eigenvalue weighted by Crippen LogP contribution is 2.19. The average molecular weight is 230 g/mol. The number of thiophene rings is 1. The Hall–Kier alpha value is -1.87. The molecule has 2 rings (SSSR count). The highest BCUT2D eigenvalue weighted by molar-refractivity contribution is 7.08. The fraction of sp³-hybridized carbons (Fsp3) is 0. The van der Waals surface area contributed by atoms with E-state index < -0.39 is 5.97 Å². The number of carboxylic acid groups (broad SMARTS) is 1. The third-order valence-electron chi connectivity index (χ3n) is 2.17. The first kappa shape index (κ1) is 10.6. The second-order valence-corrected chi connectivity index (χ2v) is 4.07. The van der Waals surface area contributed by atoms with Gasteiger partial charge in [0.1, 0.15) is 0 Å². The average Bonchev–Trinajstić information content (AvgIpc) is 2.79. The Bertz CT molecular complexity index is 498. The predicted octanol–water partition coefficient (Wildman–Crippen LogP) is 3.37. The largest absolute Gasteiger partial charge is 0.478 e. The zero-order valence-electron chi connectivity index (χ0n) is 8.46. The van der Waals surface area contributed by atoms with Crippen molar-refractivity contribution in [3.05, 3.63) is 58.3 Å². The second-order valence-electron chi connectivity index (χ2n) is 3.29. The van der Waals surface area contributed by atoms with Crippen molar-refractivity contribution in [2.45, 2.75) is 0 Å². The van der Waals surface area contributed by atoms with E-state index in [0.717, 1.165) is 11.1 Å². The fourth-order valence-corrected chi connectivity index (χ4v) is 2.03.